The highest BCUT2D eigenvalue weighted by molar-refractivity contribution is 6.01. The fourth-order valence-electron chi connectivity index (χ4n) is 2.28. The number of carbonyl (C=O) groups is 1. The minimum atomic E-state index is -0.855. The van der Waals surface area contributed by atoms with E-state index < -0.39 is 23.0 Å². The summed E-state index contributed by atoms with van der Waals surface area (Å²) in [6.07, 6.45) is -0.0871. The van der Waals surface area contributed by atoms with Gasteiger partial charge in [0.15, 0.2) is 0 Å². The summed E-state index contributed by atoms with van der Waals surface area (Å²) in [5.74, 6) is -2.78. The van der Waals surface area contributed by atoms with Crippen molar-refractivity contribution in [1.82, 2.24) is 0 Å². The highest BCUT2D eigenvalue weighted by Gasteiger charge is 2.26. The molecule has 1 aliphatic rings. The van der Waals surface area contributed by atoms with Crippen molar-refractivity contribution in [3.05, 3.63) is 53.3 Å². The first-order chi connectivity index (χ1) is 9.08. The molecule has 3 rings (SSSR count). The van der Waals surface area contributed by atoms with Crippen LogP contribution in [0.25, 0.3) is 11.1 Å². The second-order valence-corrected chi connectivity index (χ2v) is 4.27. The molecule has 1 N–H and O–H groups in total. The Morgan fingerprint density at radius 3 is 2.21 bits per heavy atom. The zero-order valence-corrected chi connectivity index (χ0v) is 9.64. The van der Waals surface area contributed by atoms with Gasteiger partial charge in [-0.15, -0.1) is 0 Å². The van der Waals surface area contributed by atoms with Crippen LogP contribution in [0.3, 0.4) is 0 Å². The lowest BCUT2D eigenvalue weighted by molar-refractivity contribution is -0.115. The van der Waals surface area contributed by atoms with Crippen molar-refractivity contribution in [3.63, 3.8) is 0 Å². The number of benzene rings is 2. The molecule has 0 saturated heterocycles. The molecule has 0 atom stereocenters. The van der Waals surface area contributed by atoms with Crippen molar-refractivity contribution in [3.8, 4) is 11.1 Å². The van der Waals surface area contributed by atoms with Gasteiger partial charge in [0.25, 0.3) is 0 Å². The van der Waals surface area contributed by atoms with E-state index in [4.69, 9.17) is 0 Å². The Bertz CT molecular complexity index is 677. The summed E-state index contributed by atoms with van der Waals surface area (Å²) in [6, 6.07) is 5.80. The summed E-state index contributed by atoms with van der Waals surface area (Å²) >= 11 is 0. The maximum absolute atomic E-state index is 13.9. The van der Waals surface area contributed by atoms with Gasteiger partial charge in [-0.2, -0.15) is 0 Å². The van der Waals surface area contributed by atoms with Gasteiger partial charge in [-0.1, -0.05) is 6.07 Å². The van der Waals surface area contributed by atoms with E-state index in [9.17, 15) is 18.0 Å². The number of halogens is 3. The Balaban J connectivity index is 2.33. The third kappa shape index (κ3) is 1.78. The summed E-state index contributed by atoms with van der Waals surface area (Å²) in [5.41, 5.74) is 0.0536. The monoisotopic (exact) mass is 263 g/mol. The smallest absolute Gasteiger partial charge is 0.228 e. The first-order valence-corrected chi connectivity index (χ1v) is 5.63. The van der Waals surface area contributed by atoms with Gasteiger partial charge in [-0.05, 0) is 29.8 Å². The molecule has 5 heteroatoms. The Labute approximate surface area is 106 Å². The highest BCUT2D eigenvalue weighted by Crippen LogP contribution is 2.37. The Morgan fingerprint density at radius 1 is 0.895 bits per heavy atom. The van der Waals surface area contributed by atoms with E-state index in [0.717, 1.165) is 18.2 Å². The number of rotatable bonds is 1. The molecule has 19 heavy (non-hydrogen) atoms. The molecule has 2 aromatic carbocycles. The molecule has 0 aliphatic carbocycles. The summed E-state index contributed by atoms with van der Waals surface area (Å²) in [4.78, 5) is 11.3. The molecule has 0 saturated carbocycles. The van der Waals surface area contributed by atoms with Gasteiger partial charge in [-0.25, -0.2) is 13.2 Å². The standard InChI is InChI=1S/C14H8F3NO/c15-8-2-1-3-9(16)14(8)13-7-6-12(19)18-11(7)5-4-10(13)17/h1-5H,6H2,(H,18,19). The van der Waals surface area contributed by atoms with E-state index in [1.165, 1.54) is 12.1 Å². The molecule has 0 unspecified atom stereocenters. The van der Waals surface area contributed by atoms with Crippen molar-refractivity contribution >= 4 is 11.6 Å². The first kappa shape index (κ1) is 11.8. The van der Waals surface area contributed by atoms with E-state index in [1.807, 2.05) is 0 Å². The molecule has 0 spiro atoms. The molecule has 1 amide bonds. The molecule has 0 aromatic heterocycles. The minimum absolute atomic E-state index is 0.0871. The van der Waals surface area contributed by atoms with Crippen LogP contribution in [0.4, 0.5) is 18.9 Å². The zero-order chi connectivity index (χ0) is 13.6. The average Bonchev–Trinajstić information content (AvgIpc) is 2.72. The molecule has 1 aliphatic heterocycles. The Kier molecular flexibility index (Phi) is 2.55. The van der Waals surface area contributed by atoms with E-state index in [2.05, 4.69) is 5.32 Å². The van der Waals surface area contributed by atoms with Crippen LogP contribution in [0, 0.1) is 17.5 Å². The second kappa shape index (κ2) is 4.12. The Hall–Kier alpha value is -2.30. The van der Waals surface area contributed by atoms with Crippen LogP contribution < -0.4 is 5.32 Å². The summed E-state index contributed by atoms with van der Waals surface area (Å²) in [6.45, 7) is 0. The number of hydrogen-bond acceptors (Lipinski definition) is 1. The maximum Gasteiger partial charge on any atom is 0.228 e. The molecule has 1 heterocycles. The fourth-order valence-corrected chi connectivity index (χ4v) is 2.28. The van der Waals surface area contributed by atoms with Crippen LogP contribution in [-0.4, -0.2) is 5.91 Å². The highest BCUT2D eigenvalue weighted by atomic mass is 19.1. The normalized spacial score (nSPS) is 13.3. The molecule has 0 fully saturated rings. The molecular weight excluding hydrogens is 255 g/mol. The number of fused-ring (bicyclic) bond motifs is 1. The molecule has 2 aromatic rings. The molecule has 2 nitrogen and oxygen atoms in total. The van der Waals surface area contributed by atoms with Crippen molar-refractivity contribution in [1.29, 1.82) is 0 Å². The van der Waals surface area contributed by atoms with Gasteiger partial charge in [0.05, 0.1) is 12.0 Å². The van der Waals surface area contributed by atoms with E-state index in [-0.39, 0.29) is 23.5 Å². The molecule has 0 bridgehead atoms. The van der Waals surface area contributed by atoms with E-state index >= 15 is 0 Å². The quantitative estimate of drug-likeness (QED) is 0.840. The lowest BCUT2D eigenvalue weighted by Crippen LogP contribution is -2.03. The third-order valence-corrected chi connectivity index (χ3v) is 3.09. The van der Waals surface area contributed by atoms with Crippen LogP contribution in [0.5, 0.6) is 0 Å². The van der Waals surface area contributed by atoms with Crippen LogP contribution in [-0.2, 0) is 11.2 Å². The fraction of sp³-hybridized carbons (Fsp3) is 0.0714. The maximum atomic E-state index is 13.9. The number of carbonyl (C=O) groups excluding carboxylic acids is 1. The lowest BCUT2D eigenvalue weighted by Gasteiger charge is -2.11. The minimum Gasteiger partial charge on any atom is -0.326 e. The van der Waals surface area contributed by atoms with Crippen LogP contribution in [0.15, 0.2) is 30.3 Å². The number of hydrogen-bond donors (Lipinski definition) is 1. The van der Waals surface area contributed by atoms with Crippen LogP contribution in [0.1, 0.15) is 5.56 Å². The predicted molar refractivity (Wildman–Crippen MR) is 64.1 cm³/mol. The third-order valence-electron chi connectivity index (χ3n) is 3.09. The predicted octanol–water partition coefficient (Wildman–Crippen LogP) is 3.27. The van der Waals surface area contributed by atoms with Crippen molar-refractivity contribution in [2.75, 3.05) is 5.32 Å². The van der Waals surface area contributed by atoms with Crippen LogP contribution >= 0.6 is 0 Å². The van der Waals surface area contributed by atoms with E-state index in [0.29, 0.717) is 5.69 Å². The number of amides is 1. The lowest BCUT2D eigenvalue weighted by atomic mass is 9.96. The zero-order valence-electron chi connectivity index (χ0n) is 9.64. The van der Waals surface area contributed by atoms with E-state index in [1.54, 1.807) is 0 Å². The van der Waals surface area contributed by atoms with Crippen LogP contribution in [0.2, 0.25) is 0 Å². The average molecular weight is 263 g/mol. The molecule has 0 radical (unpaired) electrons. The van der Waals surface area contributed by atoms with Gasteiger partial charge < -0.3 is 5.32 Å². The Morgan fingerprint density at radius 2 is 1.53 bits per heavy atom. The second-order valence-electron chi connectivity index (χ2n) is 4.27. The largest absolute Gasteiger partial charge is 0.326 e. The topological polar surface area (TPSA) is 29.1 Å². The number of anilines is 1. The van der Waals surface area contributed by atoms with Gasteiger partial charge in [-0.3, -0.25) is 4.79 Å². The number of nitrogens with one attached hydrogen (secondary N) is 1. The SMILES string of the molecule is O=C1Cc2c(ccc(F)c2-c2c(F)cccc2F)N1. The van der Waals surface area contributed by atoms with Gasteiger partial charge in [0.2, 0.25) is 5.91 Å². The molecule has 96 valence electrons. The first-order valence-electron chi connectivity index (χ1n) is 5.63. The summed E-state index contributed by atoms with van der Waals surface area (Å²) in [5, 5.41) is 2.52. The van der Waals surface area contributed by atoms with Gasteiger partial charge in [0.1, 0.15) is 17.5 Å². The van der Waals surface area contributed by atoms with Gasteiger partial charge in [0, 0.05) is 11.3 Å². The molecular formula is C14H8F3NO. The van der Waals surface area contributed by atoms with Crippen molar-refractivity contribution < 1.29 is 18.0 Å². The summed E-state index contributed by atoms with van der Waals surface area (Å²) < 4.78 is 41.5. The van der Waals surface area contributed by atoms with Crippen molar-refractivity contribution in [2.45, 2.75) is 6.42 Å². The van der Waals surface area contributed by atoms with Gasteiger partial charge >= 0.3 is 0 Å². The summed E-state index contributed by atoms with van der Waals surface area (Å²) in [7, 11) is 0. The van der Waals surface area contributed by atoms with Crippen molar-refractivity contribution in [2.24, 2.45) is 0 Å².